The van der Waals surface area contributed by atoms with Crippen LogP contribution in [0, 0.1) is 0 Å². The maximum atomic E-state index is 4.96. The maximum Gasteiger partial charge on any atom is 0.117 e. The smallest absolute Gasteiger partial charge is 0.117 e. The molecule has 0 unspecified atom stereocenters. The third-order valence-corrected chi connectivity index (χ3v) is 2.31. The molecule has 0 fully saturated rings. The predicted octanol–water partition coefficient (Wildman–Crippen LogP) is 3.60. The average Bonchev–Trinajstić information content (AvgIpc) is 2.42. The zero-order valence-corrected chi connectivity index (χ0v) is 9.41. The summed E-state index contributed by atoms with van der Waals surface area (Å²) in [5, 5.41) is 4.08. The van der Waals surface area contributed by atoms with E-state index in [-0.39, 0.29) is 0 Å². The topological polar surface area (TPSA) is 21.6 Å². The van der Waals surface area contributed by atoms with Crippen molar-refractivity contribution in [1.29, 1.82) is 0 Å². The molecule has 0 amide bonds. The zero-order chi connectivity index (χ0) is 11.9. The SMILES string of the molecule is C=CON=C(c1ccccc1)c1ccccc1. The molecule has 84 valence electrons. The lowest BCUT2D eigenvalue weighted by atomic mass is 10.0. The molecule has 17 heavy (non-hydrogen) atoms. The summed E-state index contributed by atoms with van der Waals surface area (Å²) < 4.78 is 0. The van der Waals surface area contributed by atoms with E-state index in [0.717, 1.165) is 16.8 Å². The molecule has 0 spiro atoms. The van der Waals surface area contributed by atoms with Crippen LogP contribution in [0.25, 0.3) is 0 Å². The van der Waals surface area contributed by atoms with Gasteiger partial charge < -0.3 is 4.84 Å². The van der Waals surface area contributed by atoms with Crippen LogP contribution in [0.2, 0.25) is 0 Å². The van der Waals surface area contributed by atoms with E-state index in [9.17, 15) is 0 Å². The molecule has 0 aliphatic heterocycles. The van der Waals surface area contributed by atoms with Crippen LogP contribution in [0.5, 0.6) is 0 Å². The second-order valence-electron chi connectivity index (χ2n) is 3.44. The molecule has 0 aliphatic rings. The molecule has 0 N–H and O–H groups in total. The van der Waals surface area contributed by atoms with E-state index < -0.39 is 0 Å². The van der Waals surface area contributed by atoms with Gasteiger partial charge >= 0.3 is 0 Å². The third kappa shape index (κ3) is 2.82. The van der Waals surface area contributed by atoms with Gasteiger partial charge in [0, 0.05) is 11.1 Å². The molecular formula is C15H13NO. The standard InChI is InChI=1S/C15H13NO/c1-2-17-16-15(13-9-5-3-6-10-13)14-11-7-4-8-12-14/h2-12H,1H2. The van der Waals surface area contributed by atoms with E-state index in [4.69, 9.17) is 4.84 Å². The number of hydrogen-bond acceptors (Lipinski definition) is 2. The summed E-state index contributed by atoms with van der Waals surface area (Å²) in [5.74, 6) is 0. The van der Waals surface area contributed by atoms with Crippen LogP contribution >= 0.6 is 0 Å². The highest BCUT2D eigenvalue weighted by atomic mass is 16.6. The number of oxime groups is 1. The van der Waals surface area contributed by atoms with Gasteiger partial charge in [0.2, 0.25) is 0 Å². The van der Waals surface area contributed by atoms with Gasteiger partial charge in [-0.15, -0.1) is 0 Å². The summed E-state index contributed by atoms with van der Waals surface area (Å²) in [5.41, 5.74) is 2.83. The van der Waals surface area contributed by atoms with Gasteiger partial charge in [-0.2, -0.15) is 0 Å². The summed E-state index contributed by atoms with van der Waals surface area (Å²) in [6.45, 7) is 3.49. The summed E-state index contributed by atoms with van der Waals surface area (Å²) in [6, 6.07) is 19.8. The minimum atomic E-state index is 0.797. The van der Waals surface area contributed by atoms with E-state index in [1.807, 2.05) is 60.7 Å². The highest BCUT2D eigenvalue weighted by Crippen LogP contribution is 2.11. The van der Waals surface area contributed by atoms with Crippen LogP contribution in [0.4, 0.5) is 0 Å². The summed E-state index contributed by atoms with van der Waals surface area (Å²) in [4.78, 5) is 4.96. The molecule has 2 nitrogen and oxygen atoms in total. The molecule has 0 atom stereocenters. The Balaban J connectivity index is 2.43. The first kappa shape index (κ1) is 11.1. The van der Waals surface area contributed by atoms with Gasteiger partial charge in [-0.25, -0.2) is 0 Å². The largest absolute Gasteiger partial charge is 0.365 e. The van der Waals surface area contributed by atoms with Crippen molar-refractivity contribution in [3.63, 3.8) is 0 Å². The molecule has 0 saturated heterocycles. The van der Waals surface area contributed by atoms with Crippen molar-refractivity contribution in [2.45, 2.75) is 0 Å². The lowest BCUT2D eigenvalue weighted by Crippen LogP contribution is -2.03. The van der Waals surface area contributed by atoms with Gasteiger partial charge in [0.1, 0.15) is 12.0 Å². The van der Waals surface area contributed by atoms with Crippen molar-refractivity contribution in [1.82, 2.24) is 0 Å². The van der Waals surface area contributed by atoms with Gasteiger partial charge in [-0.05, 0) is 0 Å². The van der Waals surface area contributed by atoms with Crippen molar-refractivity contribution < 1.29 is 4.84 Å². The number of benzene rings is 2. The molecule has 0 heterocycles. The molecule has 2 aromatic rings. The normalized spacial score (nSPS) is 9.41. The molecular weight excluding hydrogens is 210 g/mol. The second kappa shape index (κ2) is 5.66. The van der Waals surface area contributed by atoms with Gasteiger partial charge in [-0.1, -0.05) is 72.4 Å². The third-order valence-electron chi connectivity index (χ3n) is 2.31. The molecule has 0 aromatic heterocycles. The Morgan fingerprint density at radius 3 is 1.76 bits per heavy atom. The molecule has 0 bridgehead atoms. The highest BCUT2D eigenvalue weighted by molar-refractivity contribution is 6.12. The van der Waals surface area contributed by atoms with E-state index >= 15 is 0 Å². The lowest BCUT2D eigenvalue weighted by Gasteiger charge is -2.05. The van der Waals surface area contributed by atoms with Gasteiger partial charge in [-0.3, -0.25) is 0 Å². The Morgan fingerprint density at radius 1 is 0.882 bits per heavy atom. The summed E-state index contributed by atoms with van der Waals surface area (Å²) in [7, 11) is 0. The molecule has 2 aromatic carbocycles. The second-order valence-corrected chi connectivity index (χ2v) is 3.44. The van der Waals surface area contributed by atoms with Crippen LogP contribution in [0.1, 0.15) is 11.1 Å². The highest BCUT2D eigenvalue weighted by Gasteiger charge is 2.06. The van der Waals surface area contributed by atoms with Crippen molar-refractivity contribution in [3.8, 4) is 0 Å². The quantitative estimate of drug-likeness (QED) is 0.441. The van der Waals surface area contributed by atoms with Crippen molar-refractivity contribution in [3.05, 3.63) is 84.6 Å². The van der Waals surface area contributed by atoms with E-state index in [1.165, 1.54) is 6.26 Å². The number of hydrogen-bond donors (Lipinski definition) is 0. The minimum absolute atomic E-state index is 0.797. The van der Waals surface area contributed by atoms with E-state index in [2.05, 4.69) is 11.7 Å². The first-order chi connectivity index (χ1) is 8.42. The van der Waals surface area contributed by atoms with Gasteiger partial charge in [0.25, 0.3) is 0 Å². The zero-order valence-electron chi connectivity index (χ0n) is 9.41. The van der Waals surface area contributed by atoms with Gasteiger partial charge in [0.05, 0.1) is 0 Å². The molecule has 0 aliphatic carbocycles. The number of rotatable bonds is 4. The van der Waals surface area contributed by atoms with Crippen LogP contribution in [-0.4, -0.2) is 5.71 Å². The first-order valence-electron chi connectivity index (χ1n) is 5.37. The molecule has 2 heteroatoms. The Kier molecular flexibility index (Phi) is 3.71. The Morgan fingerprint density at radius 2 is 1.35 bits per heavy atom. The van der Waals surface area contributed by atoms with Gasteiger partial charge in [0.15, 0.2) is 0 Å². The monoisotopic (exact) mass is 223 g/mol. The van der Waals surface area contributed by atoms with E-state index in [1.54, 1.807) is 0 Å². The molecule has 2 rings (SSSR count). The Labute approximate surface area is 101 Å². The number of nitrogens with zero attached hydrogens (tertiary/aromatic N) is 1. The fraction of sp³-hybridized carbons (Fsp3) is 0. The average molecular weight is 223 g/mol. The fourth-order valence-electron chi connectivity index (χ4n) is 1.55. The Hall–Kier alpha value is -2.35. The van der Waals surface area contributed by atoms with Crippen LogP contribution in [0.3, 0.4) is 0 Å². The summed E-state index contributed by atoms with van der Waals surface area (Å²) >= 11 is 0. The van der Waals surface area contributed by atoms with Crippen LogP contribution in [0.15, 0.2) is 78.7 Å². The van der Waals surface area contributed by atoms with Crippen molar-refractivity contribution in [2.24, 2.45) is 5.16 Å². The van der Waals surface area contributed by atoms with Crippen LogP contribution < -0.4 is 0 Å². The fourth-order valence-corrected chi connectivity index (χ4v) is 1.55. The predicted molar refractivity (Wildman–Crippen MR) is 69.8 cm³/mol. The molecule has 0 saturated carbocycles. The van der Waals surface area contributed by atoms with Crippen LogP contribution in [-0.2, 0) is 4.84 Å². The minimum Gasteiger partial charge on any atom is -0.365 e. The maximum absolute atomic E-state index is 4.96. The Bertz CT molecular complexity index is 461. The first-order valence-corrected chi connectivity index (χ1v) is 5.37. The van der Waals surface area contributed by atoms with Crippen molar-refractivity contribution in [2.75, 3.05) is 0 Å². The summed E-state index contributed by atoms with van der Waals surface area (Å²) in [6.07, 6.45) is 1.31. The van der Waals surface area contributed by atoms with E-state index in [0.29, 0.717) is 0 Å². The van der Waals surface area contributed by atoms with Crippen molar-refractivity contribution >= 4 is 5.71 Å². The molecule has 0 radical (unpaired) electrons. The lowest BCUT2D eigenvalue weighted by molar-refractivity contribution is 0.270.